The molecule has 7 nitrogen and oxygen atoms in total. The normalized spacial score (nSPS) is 15.7. The van der Waals surface area contributed by atoms with Gasteiger partial charge >= 0.3 is 0 Å². The van der Waals surface area contributed by atoms with Crippen molar-refractivity contribution in [1.82, 2.24) is 4.31 Å². The maximum absolute atomic E-state index is 12.7. The monoisotopic (exact) mass is 415 g/mol. The van der Waals surface area contributed by atoms with Crippen molar-refractivity contribution in [3.8, 4) is 0 Å². The maximum Gasteiger partial charge on any atom is 0.256 e. The molecule has 1 aliphatic rings. The number of carbonyl (C=O) groups excluding carboxylic acids is 2. The van der Waals surface area contributed by atoms with E-state index in [1.165, 1.54) is 10.6 Å². The van der Waals surface area contributed by atoms with Crippen LogP contribution in [-0.2, 0) is 14.8 Å². The fourth-order valence-corrected chi connectivity index (χ4v) is 4.30. The predicted molar refractivity (Wildman–Crippen MR) is 113 cm³/mol. The van der Waals surface area contributed by atoms with Crippen LogP contribution in [-0.4, -0.2) is 43.9 Å². The zero-order valence-electron chi connectivity index (χ0n) is 16.5. The Labute approximate surface area is 171 Å². The van der Waals surface area contributed by atoms with Crippen LogP contribution in [0.5, 0.6) is 0 Å². The molecule has 0 aliphatic carbocycles. The minimum Gasteiger partial charge on any atom is -0.326 e. The van der Waals surface area contributed by atoms with Crippen LogP contribution in [0.4, 0.5) is 11.4 Å². The van der Waals surface area contributed by atoms with Gasteiger partial charge in [0.15, 0.2) is 0 Å². The highest BCUT2D eigenvalue weighted by Gasteiger charge is 2.29. The Kier molecular flexibility index (Phi) is 6.34. The van der Waals surface area contributed by atoms with E-state index in [1.54, 1.807) is 25.1 Å². The van der Waals surface area contributed by atoms with Gasteiger partial charge < -0.3 is 10.6 Å². The van der Waals surface area contributed by atoms with Gasteiger partial charge in [-0.15, -0.1) is 0 Å². The summed E-state index contributed by atoms with van der Waals surface area (Å²) in [5.74, 6) is -0.651. The molecular weight excluding hydrogens is 390 g/mol. The molecule has 0 radical (unpaired) electrons. The molecular formula is C21H25N3O4S. The molecule has 0 atom stereocenters. The van der Waals surface area contributed by atoms with Crippen molar-refractivity contribution in [3.05, 3.63) is 59.7 Å². The van der Waals surface area contributed by atoms with Gasteiger partial charge in [0.05, 0.1) is 6.26 Å². The van der Waals surface area contributed by atoms with E-state index in [-0.39, 0.29) is 17.7 Å². The van der Waals surface area contributed by atoms with E-state index < -0.39 is 10.0 Å². The molecule has 2 N–H and O–H groups in total. The number of nitrogens with zero attached hydrogens (tertiary/aromatic N) is 1. The van der Waals surface area contributed by atoms with Gasteiger partial charge in [0, 0.05) is 35.9 Å². The summed E-state index contributed by atoms with van der Waals surface area (Å²) in [6.45, 7) is 2.48. The molecule has 29 heavy (non-hydrogen) atoms. The predicted octanol–water partition coefficient (Wildman–Crippen LogP) is 2.86. The molecule has 2 aromatic carbocycles. The molecule has 154 valence electrons. The SMILES string of the molecule is Cc1c(NC(=O)C2CCN(S(C)(=O)=O)CC2)cccc1C(=O)Nc1ccccc1. The van der Waals surface area contributed by atoms with Crippen LogP contribution in [0.2, 0.25) is 0 Å². The average molecular weight is 416 g/mol. The van der Waals surface area contributed by atoms with Gasteiger partial charge in [0.25, 0.3) is 5.91 Å². The molecule has 0 saturated carbocycles. The van der Waals surface area contributed by atoms with Crippen LogP contribution in [0, 0.1) is 12.8 Å². The number of benzene rings is 2. The minimum absolute atomic E-state index is 0.151. The van der Waals surface area contributed by atoms with E-state index in [0.29, 0.717) is 48.4 Å². The second kappa shape index (κ2) is 8.75. The lowest BCUT2D eigenvalue weighted by Gasteiger charge is -2.29. The summed E-state index contributed by atoms with van der Waals surface area (Å²) >= 11 is 0. The summed E-state index contributed by atoms with van der Waals surface area (Å²) in [6, 6.07) is 14.4. The second-order valence-corrected chi connectivity index (χ2v) is 9.21. The average Bonchev–Trinajstić information content (AvgIpc) is 2.69. The van der Waals surface area contributed by atoms with Gasteiger partial charge in [-0.25, -0.2) is 12.7 Å². The molecule has 1 aliphatic heterocycles. The summed E-state index contributed by atoms with van der Waals surface area (Å²) in [5.41, 5.74) is 2.45. The van der Waals surface area contributed by atoms with Gasteiger partial charge in [-0.05, 0) is 49.6 Å². The number of para-hydroxylation sites is 1. The van der Waals surface area contributed by atoms with Crippen LogP contribution >= 0.6 is 0 Å². The fourth-order valence-electron chi connectivity index (χ4n) is 3.42. The highest BCUT2D eigenvalue weighted by molar-refractivity contribution is 7.88. The van der Waals surface area contributed by atoms with Crippen LogP contribution in [0.15, 0.2) is 48.5 Å². The Bertz CT molecular complexity index is 998. The van der Waals surface area contributed by atoms with E-state index in [1.807, 2.05) is 30.3 Å². The van der Waals surface area contributed by atoms with E-state index in [0.717, 1.165) is 0 Å². The number of hydrogen-bond acceptors (Lipinski definition) is 4. The van der Waals surface area contributed by atoms with Crippen molar-refractivity contribution in [2.24, 2.45) is 5.92 Å². The first kappa shape index (κ1) is 21.0. The zero-order chi connectivity index (χ0) is 21.0. The number of nitrogens with one attached hydrogen (secondary N) is 2. The first-order valence-corrected chi connectivity index (χ1v) is 11.3. The minimum atomic E-state index is -3.22. The maximum atomic E-state index is 12.7. The number of carbonyl (C=O) groups is 2. The third kappa shape index (κ3) is 5.21. The van der Waals surface area contributed by atoms with E-state index in [4.69, 9.17) is 0 Å². The number of amides is 2. The van der Waals surface area contributed by atoms with Gasteiger partial charge in [-0.2, -0.15) is 0 Å². The summed E-state index contributed by atoms with van der Waals surface area (Å²) < 4.78 is 24.6. The summed E-state index contributed by atoms with van der Waals surface area (Å²) in [4.78, 5) is 25.3. The Morgan fingerprint density at radius 3 is 2.24 bits per heavy atom. The van der Waals surface area contributed by atoms with E-state index >= 15 is 0 Å². The number of rotatable bonds is 5. The highest BCUT2D eigenvalue weighted by atomic mass is 32.2. The summed E-state index contributed by atoms with van der Waals surface area (Å²) in [6.07, 6.45) is 2.14. The van der Waals surface area contributed by atoms with E-state index in [2.05, 4.69) is 10.6 Å². The Balaban J connectivity index is 1.67. The van der Waals surface area contributed by atoms with Crippen LogP contribution < -0.4 is 10.6 Å². The lowest BCUT2D eigenvalue weighted by Crippen LogP contribution is -2.40. The Morgan fingerprint density at radius 2 is 1.62 bits per heavy atom. The van der Waals surface area contributed by atoms with Crippen molar-refractivity contribution in [2.75, 3.05) is 30.0 Å². The van der Waals surface area contributed by atoms with Crippen molar-refractivity contribution >= 4 is 33.2 Å². The molecule has 1 saturated heterocycles. The fraction of sp³-hybridized carbons (Fsp3) is 0.333. The topological polar surface area (TPSA) is 95.6 Å². The molecule has 1 heterocycles. The molecule has 0 spiro atoms. The van der Waals surface area contributed by atoms with Gasteiger partial charge in [0.1, 0.15) is 0 Å². The number of hydrogen-bond donors (Lipinski definition) is 2. The number of piperidine rings is 1. The van der Waals surface area contributed by atoms with Gasteiger partial charge in [0.2, 0.25) is 15.9 Å². The molecule has 1 fully saturated rings. The largest absolute Gasteiger partial charge is 0.326 e. The van der Waals surface area contributed by atoms with E-state index in [9.17, 15) is 18.0 Å². The van der Waals surface area contributed by atoms with Gasteiger partial charge in [-0.1, -0.05) is 24.3 Å². The molecule has 2 amide bonds. The van der Waals surface area contributed by atoms with Crippen LogP contribution in [0.1, 0.15) is 28.8 Å². The highest BCUT2D eigenvalue weighted by Crippen LogP contribution is 2.24. The molecule has 0 aromatic heterocycles. The molecule has 0 unspecified atom stereocenters. The first-order valence-electron chi connectivity index (χ1n) is 9.47. The second-order valence-electron chi connectivity index (χ2n) is 7.22. The smallest absolute Gasteiger partial charge is 0.256 e. The summed E-state index contributed by atoms with van der Waals surface area (Å²) in [7, 11) is -3.22. The molecule has 2 aromatic rings. The lowest BCUT2D eigenvalue weighted by atomic mass is 9.96. The van der Waals surface area contributed by atoms with Crippen molar-refractivity contribution in [2.45, 2.75) is 19.8 Å². The Morgan fingerprint density at radius 1 is 0.966 bits per heavy atom. The molecule has 8 heteroatoms. The van der Waals surface area contributed by atoms with Crippen molar-refractivity contribution in [1.29, 1.82) is 0 Å². The Hall–Kier alpha value is -2.71. The van der Waals surface area contributed by atoms with Crippen molar-refractivity contribution < 1.29 is 18.0 Å². The standard InChI is InChI=1S/C21H25N3O4S/c1-15-18(21(26)22-17-7-4-3-5-8-17)9-6-10-19(15)23-20(25)16-11-13-24(14-12-16)29(2,27)28/h3-10,16H,11-14H2,1-2H3,(H,22,26)(H,23,25). The number of anilines is 2. The third-order valence-electron chi connectivity index (χ3n) is 5.16. The van der Waals surface area contributed by atoms with Crippen LogP contribution in [0.25, 0.3) is 0 Å². The van der Waals surface area contributed by atoms with Crippen LogP contribution in [0.3, 0.4) is 0 Å². The molecule has 3 rings (SSSR count). The zero-order valence-corrected chi connectivity index (χ0v) is 17.3. The quantitative estimate of drug-likeness (QED) is 0.785. The first-order chi connectivity index (χ1) is 13.8. The number of sulfonamides is 1. The molecule has 0 bridgehead atoms. The van der Waals surface area contributed by atoms with Crippen molar-refractivity contribution in [3.63, 3.8) is 0 Å². The van der Waals surface area contributed by atoms with Gasteiger partial charge in [-0.3, -0.25) is 9.59 Å². The summed E-state index contributed by atoms with van der Waals surface area (Å²) in [5, 5.41) is 5.75. The lowest BCUT2D eigenvalue weighted by molar-refractivity contribution is -0.120. The third-order valence-corrected chi connectivity index (χ3v) is 6.46.